The van der Waals surface area contributed by atoms with Crippen LogP contribution in [0.3, 0.4) is 0 Å². The summed E-state index contributed by atoms with van der Waals surface area (Å²) in [7, 11) is 4.12. The number of halogens is 1. The summed E-state index contributed by atoms with van der Waals surface area (Å²) in [4.78, 5) is 19.2. The molecule has 1 aliphatic carbocycles. The normalized spacial score (nSPS) is 14.4. The molecule has 1 aromatic heterocycles. The first-order chi connectivity index (χ1) is 11.1. The first-order valence-electron chi connectivity index (χ1n) is 8.07. The molecule has 0 bridgehead atoms. The van der Waals surface area contributed by atoms with Gasteiger partial charge in [0.05, 0.1) is 16.8 Å². The number of carbonyl (C=O) groups excluding carboxylic acids is 1. The number of rotatable bonds is 7. The van der Waals surface area contributed by atoms with Crippen LogP contribution in [0, 0.1) is 5.92 Å². The molecule has 0 unspecified atom stereocenters. The molecular formula is C18H22ClN3O. The Bertz CT molecular complexity index is 726. The molecule has 1 aliphatic rings. The number of pyridine rings is 1. The maximum Gasteiger partial charge on any atom is 0.169 e. The second kappa shape index (κ2) is 6.85. The zero-order valence-corrected chi connectivity index (χ0v) is 14.4. The van der Waals surface area contributed by atoms with E-state index in [1.807, 2.05) is 18.2 Å². The number of nitrogens with zero attached hydrogens (tertiary/aromatic N) is 2. The largest absolute Gasteiger partial charge is 0.384 e. The molecular weight excluding hydrogens is 310 g/mol. The van der Waals surface area contributed by atoms with Crippen LogP contribution >= 0.6 is 11.6 Å². The van der Waals surface area contributed by atoms with Crippen LogP contribution in [-0.2, 0) is 0 Å². The Balaban J connectivity index is 1.93. The molecule has 1 aromatic carbocycles. The van der Waals surface area contributed by atoms with Crippen LogP contribution in [0.15, 0.2) is 24.4 Å². The molecule has 1 saturated carbocycles. The van der Waals surface area contributed by atoms with Crippen molar-refractivity contribution >= 4 is 34.0 Å². The van der Waals surface area contributed by atoms with Crippen molar-refractivity contribution in [1.82, 2.24) is 9.88 Å². The van der Waals surface area contributed by atoms with Crippen molar-refractivity contribution < 1.29 is 4.79 Å². The monoisotopic (exact) mass is 331 g/mol. The molecule has 0 saturated heterocycles. The third-order valence-corrected chi connectivity index (χ3v) is 4.36. The number of carbonyl (C=O) groups is 1. The number of hydrogen-bond acceptors (Lipinski definition) is 4. The van der Waals surface area contributed by atoms with E-state index in [4.69, 9.17) is 11.6 Å². The average molecular weight is 332 g/mol. The minimum absolute atomic E-state index is 0.177. The Morgan fingerprint density at radius 2 is 2.17 bits per heavy atom. The third kappa shape index (κ3) is 3.82. The predicted molar refractivity (Wildman–Crippen MR) is 95.5 cm³/mol. The molecule has 1 N–H and O–H groups in total. The van der Waals surface area contributed by atoms with Gasteiger partial charge in [0.2, 0.25) is 0 Å². The number of fused-ring (bicyclic) bond motifs is 1. The molecule has 1 fully saturated rings. The SMILES string of the molecule is CN(C)CCCNc1c(C(=O)C2CC2)cnc2ccc(Cl)cc12. The van der Waals surface area contributed by atoms with E-state index in [0.29, 0.717) is 10.6 Å². The van der Waals surface area contributed by atoms with Gasteiger partial charge in [0.1, 0.15) is 0 Å². The molecule has 23 heavy (non-hydrogen) atoms. The summed E-state index contributed by atoms with van der Waals surface area (Å²) < 4.78 is 0. The molecule has 122 valence electrons. The zero-order valence-electron chi connectivity index (χ0n) is 13.6. The van der Waals surface area contributed by atoms with Crippen molar-refractivity contribution in [2.45, 2.75) is 19.3 Å². The number of Topliss-reactive ketones (excluding diaryl/α,β-unsaturated/α-hetero) is 1. The summed E-state index contributed by atoms with van der Waals surface area (Å²) in [6.45, 7) is 1.82. The summed E-state index contributed by atoms with van der Waals surface area (Å²) in [6.07, 6.45) is 4.71. The highest BCUT2D eigenvalue weighted by atomic mass is 35.5. The van der Waals surface area contributed by atoms with Crippen molar-refractivity contribution in [2.75, 3.05) is 32.5 Å². The van der Waals surface area contributed by atoms with Crippen LogP contribution in [0.1, 0.15) is 29.6 Å². The van der Waals surface area contributed by atoms with Gasteiger partial charge < -0.3 is 10.2 Å². The van der Waals surface area contributed by atoms with E-state index >= 15 is 0 Å². The van der Waals surface area contributed by atoms with Gasteiger partial charge in [-0.1, -0.05) is 11.6 Å². The van der Waals surface area contributed by atoms with Crippen LogP contribution in [0.2, 0.25) is 5.02 Å². The van der Waals surface area contributed by atoms with Crippen molar-refractivity contribution in [3.05, 3.63) is 35.0 Å². The summed E-state index contributed by atoms with van der Waals surface area (Å²) in [5, 5.41) is 5.04. The highest BCUT2D eigenvalue weighted by molar-refractivity contribution is 6.31. The molecule has 0 aliphatic heterocycles. The second-order valence-electron chi connectivity index (χ2n) is 6.43. The number of aromatic nitrogens is 1. The lowest BCUT2D eigenvalue weighted by Crippen LogP contribution is -2.17. The van der Waals surface area contributed by atoms with Crippen molar-refractivity contribution in [2.24, 2.45) is 5.92 Å². The molecule has 0 spiro atoms. The Hall–Kier alpha value is -1.65. The molecule has 0 amide bonds. The minimum atomic E-state index is 0.177. The molecule has 0 radical (unpaired) electrons. The Kier molecular flexibility index (Phi) is 4.83. The number of nitrogens with one attached hydrogen (secondary N) is 1. The smallest absolute Gasteiger partial charge is 0.169 e. The number of ketones is 1. The quantitative estimate of drug-likeness (QED) is 0.618. The average Bonchev–Trinajstić information content (AvgIpc) is 3.35. The highest BCUT2D eigenvalue weighted by Crippen LogP contribution is 2.37. The van der Waals surface area contributed by atoms with E-state index in [-0.39, 0.29) is 11.7 Å². The molecule has 1 heterocycles. The van der Waals surface area contributed by atoms with Gasteiger partial charge in [-0.15, -0.1) is 0 Å². The van der Waals surface area contributed by atoms with Crippen molar-refractivity contribution in [3.63, 3.8) is 0 Å². The van der Waals surface area contributed by atoms with Gasteiger partial charge in [0.15, 0.2) is 5.78 Å². The Labute approximate surface area is 141 Å². The van der Waals surface area contributed by atoms with Crippen molar-refractivity contribution in [1.29, 1.82) is 0 Å². The summed E-state index contributed by atoms with van der Waals surface area (Å²) in [5.74, 6) is 0.380. The van der Waals surface area contributed by atoms with E-state index in [2.05, 4.69) is 29.3 Å². The maximum absolute atomic E-state index is 12.6. The highest BCUT2D eigenvalue weighted by Gasteiger charge is 2.32. The first kappa shape index (κ1) is 16.2. The standard InChI is InChI=1S/C18H22ClN3O/c1-22(2)9-3-8-20-17-14-10-13(19)6-7-16(14)21-11-15(17)18(23)12-4-5-12/h6-7,10-12H,3-5,8-9H2,1-2H3,(H,20,21). The van der Waals surface area contributed by atoms with Crippen molar-refractivity contribution in [3.8, 4) is 0 Å². The summed E-state index contributed by atoms with van der Waals surface area (Å²) in [5.41, 5.74) is 2.44. The van der Waals surface area contributed by atoms with Gasteiger partial charge in [0, 0.05) is 29.1 Å². The van der Waals surface area contributed by atoms with E-state index in [1.165, 1.54) is 0 Å². The third-order valence-electron chi connectivity index (χ3n) is 4.13. The van der Waals surface area contributed by atoms with E-state index in [0.717, 1.165) is 48.9 Å². The molecule has 5 heteroatoms. The first-order valence-corrected chi connectivity index (χ1v) is 8.45. The number of hydrogen-bond donors (Lipinski definition) is 1. The van der Waals surface area contributed by atoms with Crippen LogP contribution in [0.5, 0.6) is 0 Å². The van der Waals surface area contributed by atoms with Gasteiger partial charge in [-0.3, -0.25) is 9.78 Å². The summed E-state index contributed by atoms with van der Waals surface area (Å²) >= 11 is 6.15. The predicted octanol–water partition coefficient (Wildman–Crippen LogP) is 3.84. The lowest BCUT2D eigenvalue weighted by atomic mass is 10.0. The van der Waals surface area contributed by atoms with Gasteiger partial charge in [-0.2, -0.15) is 0 Å². The fourth-order valence-electron chi connectivity index (χ4n) is 2.72. The molecule has 4 nitrogen and oxygen atoms in total. The lowest BCUT2D eigenvalue weighted by molar-refractivity contribution is 0.0968. The van der Waals surface area contributed by atoms with E-state index in [1.54, 1.807) is 6.20 Å². The minimum Gasteiger partial charge on any atom is -0.384 e. The zero-order chi connectivity index (χ0) is 16.4. The second-order valence-corrected chi connectivity index (χ2v) is 6.87. The molecule has 2 aromatic rings. The molecule has 3 rings (SSSR count). The van der Waals surface area contributed by atoms with Gasteiger partial charge >= 0.3 is 0 Å². The number of benzene rings is 1. The van der Waals surface area contributed by atoms with Crippen LogP contribution in [0.25, 0.3) is 10.9 Å². The van der Waals surface area contributed by atoms with Crippen LogP contribution in [-0.4, -0.2) is 42.9 Å². The van der Waals surface area contributed by atoms with Gasteiger partial charge in [0.25, 0.3) is 0 Å². The Morgan fingerprint density at radius 1 is 1.39 bits per heavy atom. The fourth-order valence-corrected chi connectivity index (χ4v) is 2.89. The van der Waals surface area contributed by atoms with Gasteiger partial charge in [-0.25, -0.2) is 0 Å². The lowest BCUT2D eigenvalue weighted by Gasteiger charge is -2.15. The number of anilines is 1. The summed E-state index contributed by atoms with van der Waals surface area (Å²) in [6, 6.07) is 5.62. The van der Waals surface area contributed by atoms with E-state index < -0.39 is 0 Å². The fraction of sp³-hybridized carbons (Fsp3) is 0.444. The topological polar surface area (TPSA) is 45.2 Å². The molecule has 0 atom stereocenters. The Morgan fingerprint density at radius 3 is 2.87 bits per heavy atom. The maximum atomic E-state index is 12.6. The van der Waals surface area contributed by atoms with Crippen LogP contribution in [0.4, 0.5) is 5.69 Å². The van der Waals surface area contributed by atoms with Gasteiger partial charge in [-0.05, 0) is 58.1 Å². The van der Waals surface area contributed by atoms with Crippen LogP contribution < -0.4 is 5.32 Å². The van der Waals surface area contributed by atoms with E-state index in [9.17, 15) is 4.79 Å².